The fourth-order valence-corrected chi connectivity index (χ4v) is 4.30. The lowest BCUT2D eigenvalue weighted by atomic mass is 10.1. The van der Waals surface area contributed by atoms with Crippen LogP contribution in [0.25, 0.3) is 0 Å². The number of carbonyl (C=O) groups is 4. The quantitative estimate of drug-likeness (QED) is 0.557. The molecule has 0 aliphatic carbocycles. The average molecular weight is 469 g/mol. The van der Waals surface area contributed by atoms with Crippen LogP contribution in [0.5, 0.6) is 5.75 Å². The van der Waals surface area contributed by atoms with Gasteiger partial charge in [0.15, 0.2) is 6.10 Å². The summed E-state index contributed by atoms with van der Waals surface area (Å²) in [6, 6.07) is 21.4. The minimum atomic E-state index is -0.661. The number of fused-ring (bicyclic) bond motifs is 2. The summed E-state index contributed by atoms with van der Waals surface area (Å²) in [7, 11) is 0. The van der Waals surface area contributed by atoms with Crippen LogP contribution in [-0.4, -0.2) is 41.2 Å². The van der Waals surface area contributed by atoms with Gasteiger partial charge in [0.25, 0.3) is 17.7 Å². The van der Waals surface area contributed by atoms with Crippen molar-refractivity contribution in [3.63, 3.8) is 0 Å². The van der Waals surface area contributed by atoms with Crippen LogP contribution in [0.4, 0.5) is 11.4 Å². The molecule has 1 atom stereocenters. The number of nitrogens with one attached hydrogen (secondary N) is 1. The van der Waals surface area contributed by atoms with Crippen molar-refractivity contribution in [2.45, 2.75) is 26.0 Å². The lowest BCUT2D eigenvalue weighted by Gasteiger charge is -2.33. The molecule has 5 rings (SSSR count). The van der Waals surface area contributed by atoms with Gasteiger partial charge in [-0.25, -0.2) is 0 Å². The van der Waals surface area contributed by atoms with Crippen LogP contribution in [-0.2, 0) is 16.1 Å². The fraction of sp³-hybridized carbons (Fsp3) is 0.185. The molecule has 0 saturated carbocycles. The Hall–Kier alpha value is -4.46. The molecule has 0 saturated heterocycles. The SMILES string of the molecule is CC1Oc2cc(NC(=O)CCN3C(=O)c4ccccc4C3=O)ccc2N(Cc2ccccc2)C1=O. The van der Waals surface area contributed by atoms with E-state index in [1.54, 1.807) is 54.3 Å². The summed E-state index contributed by atoms with van der Waals surface area (Å²) >= 11 is 0. The van der Waals surface area contributed by atoms with Gasteiger partial charge in [0, 0.05) is 24.7 Å². The van der Waals surface area contributed by atoms with Crippen LogP contribution in [0.3, 0.4) is 0 Å². The van der Waals surface area contributed by atoms with Gasteiger partial charge < -0.3 is 15.0 Å². The zero-order chi connectivity index (χ0) is 24.5. The fourth-order valence-electron chi connectivity index (χ4n) is 4.30. The van der Waals surface area contributed by atoms with Crippen LogP contribution >= 0.6 is 0 Å². The van der Waals surface area contributed by atoms with Crippen molar-refractivity contribution in [1.29, 1.82) is 0 Å². The normalized spacial score (nSPS) is 16.6. The Kier molecular flexibility index (Phi) is 5.78. The zero-order valence-electron chi connectivity index (χ0n) is 19.1. The average Bonchev–Trinajstić information content (AvgIpc) is 3.11. The third-order valence-corrected chi connectivity index (χ3v) is 6.08. The van der Waals surface area contributed by atoms with E-state index in [0.29, 0.717) is 34.8 Å². The number of amides is 4. The summed E-state index contributed by atoms with van der Waals surface area (Å²) < 4.78 is 5.80. The second-order valence-electron chi connectivity index (χ2n) is 8.46. The molecule has 3 aromatic carbocycles. The summed E-state index contributed by atoms with van der Waals surface area (Å²) in [5.74, 6) is -0.775. The molecule has 2 heterocycles. The molecule has 4 amide bonds. The highest BCUT2D eigenvalue weighted by molar-refractivity contribution is 6.21. The highest BCUT2D eigenvalue weighted by atomic mass is 16.5. The molecular formula is C27H23N3O5. The minimum absolute atomic E-state index is 0.0178. The van der Waals surface area contributed by atoms with E-state index >= 15 is 0 Å². The molecule has 35 heavy (non-hydrogen) atoms. The van der Waals surface area contributed by atoms with E-state index in [4.69, 9.17) is 4.74 Å². The highest BCUT2D eigenvalue weighted by Gasteiger charge is 2.35. The van der Waals surface area contributed by atoms with Crippen LogP contribution in [0.2, 0.25) is 0 Å². The topological polar surface area (TPSA) is 96.0 Å². The zero-order valence-corrected chi connectivity index (χ0v) is 19.1. The molecule has 0 aromatic heterocycles. The van der Waals surface area contributed by atoms with Crippen molar-refractivity contribution in [3.05, 3.63) is 89.5 Å². The highest BCUT2D eigenvalue weighted by Crippen LogP contribution is 2.37. The molecule has 0 radical (unpaired) electrons. The van der Waals surface area contributed by atoms with E-state index in [1.165, 1.54) is 0 Å². The first kappa shape index (κ1) is 22.3. The van der Waals surface area contributed by atoms with Crippen LogP contribution < -0.4 is 15.0 Å². The summed E-state index contributed by atoms with van der Waals surface area (Å²) in [5, 5.41) is 2.79. The molecule has 1 unspecified atom stereocenters. The lowest BCUT2D eigenvalue weighted by molar-refractivity contribution is -0.125. The number of ether oxygens (including phenoxy) is 1. The molecule has 0 fully saturated rings. The smallest absolute Gasteiger partial charge is 0.268 e. The van der Waals surface area contributed by atoms with Crippen molar-refractivity contribution in [3.8, 4) is 5.75 Å². The minimum Gasteiger partial charge on any atom is -0.479 e. The van der Waals surface area contributed by atoms with Crippen LogP contribution in [0.15, 0.2) is 72.8 Å². The maximum Gasteiger partial charge on any atom is 0.268 e. The molecule has 2 aliphatic heterocycles. The maximum absolute atomic E-state index is 12.8. The third-order valence-electron chi connectivity index (χ3n) is 6.08. The van der Waals surface area contributed by atoms with E-state index < -0.39 is 17.9 Å². The largest absolute Gasteiger partial charge is 0.479 e. The second-order valence-corrected chi connectivity index (χ2v) is 8.46. The van der Waals surface area contributed by atoms with E-state index in [9.17, 15) is 19.2 Å². The summed E-state index contributed by atoms with van der Waals surface area (Å²) in [4.78, 5) is 53.1. The van der Waals surface area contributed by atoms with Gasteiger partial charge in [-0.2, -0.15) is 0 Å². The summed E-state index contributed by atoms with van der Waals surface area (Å²) in [6.07, 6.45) is -0.704. The lowest BCUT2D eigenvalue weighted by Crippen LogP contribution is -2.44. The Balaban J connectivity index is 1.26. The van der Waals surface area contributed by atoms with E-state index in [1.807, 2.05) is 30.3 Å². The van der Waals surface area contributed by atoms with E-state index in [2.05, 4.69) is 5.32 Å². The van der Waals surface area contributed by atoms with Crippen LogP contribution in [0.1, 0.15) is 39.6 Å². The molecule has 1 N–H and O–H groups in total. The number of anilines is 2. The van der Waals surface area contributed by atoms with Gasteiger partial charge in [-0.05, 0) is 36.8 Å². The van der Waals surface area contributed by atoms with Crippen molar-refractivity contribution in [2.75, 3.05) is 16.8 Å². The Labute approximate surface area is 202 Å². The predicted molar refractivity (Wildman–Crippen MR) is 129 cm³/mol. The molecule has 8 heteroatoms. The van der Waals surface area contributed by atoms with Gasteiger partial charge in [0.2, 0.25) is 5.91 Å². The number of nitrogens with zero attached hydrogens (tertiary/aromatic N) is 2. The van der Waals surface area contributed by atoms with Crippen LogP contribution in [0, 0.1) is 0 Å². The van der Waals surface area contributed by atoms with E-state index in [0.717, 1.165) is 10.5 Å². The van der Waals surface area contributed by atoms with Gasteiger partial charge in [-0.15, -0.1) is 0 Å². The van der Waals surface area contributed by atoms with Crippen molar-refractivity contribution in [2.24, 2.45) is 0 Å². The first-order valence-electron chi connectivity index (χ1n) is 11.3. The number of rotatable bonds is 6. The summed E-state index contributed by atoms with van der Waals surface area (Å²) in [5.41, 5.74) is 2.83. The van der Waals surface area contributed by atoms with E-state index in [-0.39, 0.29) is 24.8 Å². The Morgan fingerprint density at radius 3 is 2.23 bits per heavy atom. The maximum atomic E-state index is 12.8. The Morgan fingerprint density at radius 2 is 1.54 bits per heavy atom. The number of hydrogen-bond donors (Lipinski definition) is 1. The van der Waals surface area contributed by atoms with Crippen molar-refractivity contribution < 1.29 is 23.9 Å². The van der Waals surface area contributed by atoms with Gasteiger partial charge in [0.05, 0.1) is 23.4 Å². The molecule has 3 aromatic rings. The van der Waals surface area contributed by atoms with Crippen molar-refractivity contribution >= 4 is 35.0 Å². The van der Waals surface area contributed by atoms with Gasteiger partial charge in [0.1, 0.15) is 5.75 Å². The predicted octanol–water partition coefficient (Wildman–Crippen LogP) is 3.63. The number of hydrogen-bond acceptors (Lipinski definition) is 5. The Bertz CT molecular complexity index is 1300. The van der Waals surface area contributed by atoms with Gasteiger partial charge in [-0.1, -0.05) is 42.5 Å². The second kappa shape index (κ2) is 9.06. The number of carbonyl (C=O) groups excluding carboxylic acids is 4. The van der Waals surface area contributed by atoms with Gasteiger partial charge >= 0.3 is 0 Å². The first-order chi connectivity index (χ1) is 16.9. The standard InChI is InChI=1S/C27H23N3O5/c1-17-25(32)30(16-18-7-3-2-4-8-18)22-12-11-19(15-23(22)35-17)28-24(31)13-14-29-26(33)20-9-5-6-10-21(20)27(29)34/h2-12,15,17H,13-14,16H2,1H3,(H,28,31). The first-order valence-corrected chi connectivity index (χ1v) is 11.3. The number of imide groups is 1. The summed E-state index contributed by atoms with van der Waals surface area (Å²) in [6.45, 7) is 2.08. The monoisotopic (exact) mass is 469 g/mol. The van der Waals surface area contributed by atoms with Crippen molar-refractivity contribution in [1.82, 2.24) is 4.90 Å². The molecule has 8 nitrogen and oxygen atoms in total. The molecule has 0 spiro atoms. The molecule has 0 bridgehead atoms. The molecular weight excluding hydrogens is 446 g/mol. The van der Waals surface area contributed by atoms with Gasteiger partial charge in [-0.3, -0.25) is 24.1 Å². The molecule has 176 valence electrons. The third kappa shape index (κ3) is 4.26. The Morgan fingerprint density at radius 1 is 0.886 bits per heavy atom. The molecule has 2 aliphatic rings. The number of benzene rings is 3.